The Labute approximate surface area is 202 Å². The van der Waals surface area contributed by atoms with E-state index in [1.807, 2.05) is 29.6 Å². The molecule has 3 N–H and O–H groups in total. The molecule has 1 aliphatic rings. The fourth-order valence-electron chi connectivity index (χ4n) is 4.15. The highest BCUT2D eigenvalue weighted by atomic mass is 32.1. The van der Waals surface area contributed by atoms with Gasteiger partial charge >= 0.3 is 0 Å². The van der Waals surface area contributed by atoms with Crippen molar-refractivity contribution in [2.24, 2.45) is 5.92 Å². The van der Waals surface area contributed by atoms with Crippen LogP contribution in [0.2, 0.25) is 0 Å². The van der Waals surface area contributed by atoms with E-state index in [0.29, 0.717) is 28.5 Å². The number of amides is 1. The SMILES string of the molecule is O=C(Nc1cncc(-c2cnc3[nH]nc(-c4nc5c(-c6cccs6)ccnc5[nH]4)c3c2)c1)C1CC1. The zero-order valence-corrected chi connectivity index (χ0v) is 19.1. The van der Waals surface area contributed by atoms with Crippen LogP contribution in [0, 0.1) is 5.92 Å². The number of rotatable bonds is 5. The van der Waals surface area contributed by atoms with E-state index in [4.69, 9.17) is 4.98 Å². The van der Waals surface area contributed by atoms with Gasteiger partial charge in [0.2, 0.25) is 5.91 Å². The van der Waals surface area contributed by atoms with E-state index >= 15 is 0 Å². The molecule has 6 heterocycles. The van der Waals surface area contributed by atoms with Gasteiger partial charge in [0.1, 0.15) is 11.2 Å². The van der Waals surface area contributed by atoms with E-state index in [1.165, 1.54) is 0 Å². The number of nitrogens with one attached hydrogen (secondary N) is 3. The number of nitrogens with zero attached hydrogens (tertiary/aromatic N) is 5. The monoisotopic (exact) mass is 478 g/mol. The van der Waals surface area contributed by atoms with E-state index in [2.05, 4.69) is 41.5 Å². The van der Waals surface area contributed by atoms with Crippen molar-refractivity contribution >= 4 is 45.1 Å². The van der Waals surface area contributed by atoms with Crippen molar-refractivity contribution in [3.8, 4) is 33.1 Å². The van der Waals surface area contributed by atoms with E-state index in [0.717, 1.165) is 45.3 Å². The lowest BCUT2D eigenvalue weighted by atomic mass is 10.1. The van der Waals surface area contributed by atoms with E-state index in [9.17, 15) is 4.79 Å². The van der Waals surface area contributed by atoms with Crippen molar-refractivity contribution < 1.29 is 4.79 Å². The number of anilines is 1. The second-order valence-electron chi connectivity index (χ2n) is 8.54. The van der Waals surface area contributed by atoms with E-state index in [1.54, 1.807) is 36.1 Å². The second kappa shape index (κ2) is 7.81. The average molecular weight is 479 g/mol. The van der Waals surface area contributed by atoms with Crippen LogP contribution in [0.15, 0.2) is 60.5 Å². The summed E-state index contributed by atoms with van der Waals surface area (Å²) in [6.07, 6.45) is 8.87. The fourth-order valence-corrected chi connectivity index (χ4v) is 4.90. The quantitative estimate of drug-likeness (QED) is 0.319. The van der Waals surface area contributed by atoms with Crippen molar-refractivity contribution in [3.05, 3.63) is 60.5 Å². The number of carbonyl (C=O) groups excluding carboxylic acids is 1. The molecule has 0 aliphatic heterocycles. The third-order valence-electron chi connectivity index (χ3n) is 6.10. The van der Waals surface area contributed by atoms with Crippen LogP contribution in [0.5, 0.6) is 0 Å². The molecule has 35 heavy (non-hydrogen) atoms. The summed E-state index contributed by atoms with van der Waals surface area (Å²) >= 11 is 1.66. The number of hydrogen-bond donors (Lipinski definition) is 3. The highest BCUT2D eigenvalue weighted by molar-refractivity contribution is 7.13. The van der Waals surface area contributed by atoms with Gasteiger partial charge in [-0.25, -0.2) is 15.0 Å². The van der Waals surface area contributed by atoms with Crippen LogP contribution in [0.3, 0.4) is 0 Å². The van der Waals surface area contributed by atoms with Crippen LogP contribution in [0.25, 0.3) is 55.3 Å². The summed E-state index contributed by atoms with van der Waals surface area (Å²) < 4.78 is 0. The first-order chi connectivity index (χ1) is 17.2. The van der Waals surface area contributed by atoms with Gasteiger partial charge in [-0.15, -0.1) is 11.3 Å². The number of H-pyrrole nitrogens is 2. The van der Waals surface area contributed by atoms with Crippen LogP contribution in [0.1, 0.15) is 12.8 Å². The first-order valence-electron chi connectivity index (χ1n) is 11.2. The van der Waals surface area contributed by atoms with Gasteiger partial charge in [-0.3, -0.25) is 14.9 Å². The second-order valence-corrected chi connectivity index (χ2v) is 9.48. The Balaban J connectivity index is 1.29. The molecule has 0 aromatic carbocycles. The minimum absolute atomic E-state index is 0.0510. The molecule has 0 radical (unpaired) electrons. The van der Waals surface area contributed by atoms with Crippen molar-refractivity contribution in [3.63, 3.8) is 0 Å². The van der Waals surface area contributed by atoms with Gasteiger partial charge in [0.25, 0.3) is 0 Å². The molecule has 1 aliphatic carbocycles. The third kappa shape index (κ3) is 3.55. The lowest BCUT2D eigenvalue weighted by Crippen LogP contribution is -2.13. The maximum absolute atomic E-state index is 12.2. The van der Waals surface area contributed by atoms with Crippen LogP contribution < -0.4 is 5.32 Å². The number of pyridine rings is 3. The summed E-state index contributed by atoms with van der Waals surface area (Å²) in [4.78, 5) is 34.8. The molecule has 0 unspecified atom stereocenters. The van der Waals surface area contributed by atoms with Gasteiger partial charge in [0.05, 0.1) is 17.3 Å². The molecule has 7 rings (SSSR count). The zero-order valence-electron chi connectivity index (χ0n) is 18.3. The first kappa shape index (κ1) is 20.0. The highest BCUT2D eigenvalue weighted by Gasteiger charge is 2.29. The van der Waals surface area contributed by atoms with Crippen LogP contribution >= 0.6 is 11.3 Å². The maximum atomic E-state index is 12.2. The molecule has 0 saturated heterocycles. The number of thiophene rings is 1. The zero-order chi connectivity index (χ0) is 23.4. The van der Waals surface area contributed by atoms with Gasteiger partial charge in [-0.1, -0.05) is 6.07 Å². The van der Waals surface area contributed by atoms with Gasteiger partial charge in [0, 0.05) is 46.1 Å². The molecule has 170 valence electrons. The minimum Gasteiger partial charge on any atom is -0.324 e. The van der Waals surface area contributed by atoms with E-state index < -0.39 is 0 Å². The first-order valence-corrected chi connectivity index (χ1v) is 12.1. The molecule has 9 nitrogen and oxygen atoms in total. The minimum atomic E-state index is 0.0510. The summed E-state index contributed by atoms with van der Waals surface area (Å²) in [5.74, 6) is 0.795. The molecule has 1 fully saturated rings. The van der Waals surface area contributed by atoms with Crippen LogP contribution in [-0.2, 0) is 4.79 Å². The number of aromatic nitrogens is 7. The van der Waals surface area contributed by atoms with Crippen LogP contribution in [0.4, 0.5) is 5.69 Å². The number of hydrogen-bond acceptors (Lipinski definition) is 7. The summed E-state index contributed by atoms with van der Waals surface area (Å²) in [5, 5.41) is 13.3. The number of carbonyl (C=O) groups is 1. The molecule has 0 bridgehead atoms. The number of aromatic amines is 2. The molecule has 0 atom stereocenters. The molecule has 1 amide bonds. The molecule has 6 aromatic rings. The van der Waals surface area contributed by atoms with E-state index in [-0.39, 0.29) is 11.8 Å². The predicted octanol–water partition coefficient (Wildman–Crippen LogP) is 5.04. The highest BCUT2D eigenvalue weighted by Crippen LogP contribution is 2.34. The molecule has 0 spiro atoms. The Kier molecular flexibility index (Phi) is 4.46. The molecule has 10 heteroatoms. The van der Waals surface area contributed by atoms with Crippen molar-refractivity contribution in [2.45, 2.75) is 12.8 Å². The largest absolute Gasteiger partial charge is 0.324 e. The normalized spacial score (nSPS) is 13.5. The van der Waals surface area contributed by atoms with Gasteiger partial charge < -0.3 is 10.3 Å². The van der Waals surface area contributed by atoms with Gasteiger partial charge in [0.15, 0.2) is 17.1 Å². The summed E-state index contributed by atoms with van der Waals surface area (Å²) in [5.41, 5.74) is 6.24. The average Bonchev–Trinajstić information content (AvgIpc) is 3.26. The summed E-state index contributed by atoms with van der Waals surface area (Å²) in [6, 6.07) is 9.99. The number of fused-ring (bicyclic) bond motifs is 2. The summed E-state index contributed by atoms with van der Waals surface area (Å²) in [6.45, 7) is 0. The Bertz CT molecular complexity index is 1710. The smallest absolute Gasteiger partial charge is 0.227 e. The summed E-state index contributed by atoms with van der Waals surface area (Å²) in [7, 11) is 0. The predicted molar refractivity (Wildman–Crippen MR) is 135 cm³/mol. The van der Waals surface area contributed by atoms with Gasteiger partial charge in [-0.2, -0.15) is 5.10 Å². The topological polar surface area (TPSA) is 125 Å². The van der Waals surface area contributed by atoms with Crippen LogP contribution in [-0.4, -0.2) is 41.0 Å². The lowest BCUT2D eigenvalue weighted by Gasteiger charge is -2.06. The molecular formula is C25H18N8OS. The van der Waals surface area contributed by atoms with Crippen molar-refractivity contribution in [1.29, 1.82) is 0 Å². The van der Waals surface area contributed by atoms with Crippen molar-refractivity contribution in [2.75, 3.05) is 5.32 Å². The molecule has 6 aromatic heterocycles. The molecular weight excluding hydrogens is 460 g/mol. The Morgan fingerprint density at radius 2 is 1.97 bits per heavy atom. The standard InChI is InChI=1S/C25H18N8OS/c34-25(13-3-4-13)29-16-8-14(10-26-12-16)15-9-18-21(32-33-22(18)28-11-15)24-30-20-17(19-2-1-7-35-19)5-6-27-23(20)31-24/h1-2,5-13H,3-4H2,(H,29,34)(H,27,30,31)(H,28,32,33). The Morgan fingerprint density at radius 3 is 2.83 bits per heavy atom. The Hall–Kier alpha value is -4.44. The third-order valence-corrected chi connectivity index (χ3v) is 7.00. The van der Waals surface area contributed by atoms with Crippen molar-refractivity contribution in [1.82, 2.24) is 35.1 Å². The maximum Gasteiger partial charge on any atom is 0.227 e. The van der Waals surface area contributed by atoms with Gasteiger partial charge in [-0.05, 0) is 42.5 Å². The fraction of sp³-hybridized carbons (Fsp3) is 0.120. The number of imidazole rings is 1. The lowest BCUT2D eigenvalue weighted by molar-refractivity contribution is -0.117. The Morgan fingerprint density at radius 1 is 1.06 bits per heavy atom. The molecule has 1 saturated carbocycles.